The lowest BCUT2D eigenvalue weighted by Crippen LogP contribution is -2.36. The molecule has 0 saturated carbocycles. The van der Waals surface area contributed by atoms with Crippen LogP contribution in [-0.4, -0.2) is 59.2 Å². The van der Waals surface area contributed by atoms with E-state index in [0.29, 0.717) is 29.4 Å². The van der Waals surface area contributed by atoms with Crippen molar-refractivity contribution < 1.29 is 19.1 Å². The van der Waals surface area contributed by atoms with E-state index < -0.39 is 5.92 Å². The highest BCUT2D eigenvalue weighted by Crippen LogP contribution is 2.36. The normalized spacial score (nSPS) is 16.8. The predicted octanol–water partition coefficient (Wildman–Crippen LogP) is 2.71. The van der Waals surface area contributed by atoms with Gasteiger partial charge in [-0.05, 0) is 42.7 Å². The Balaban J connectivity index is 1.53. The molecule has 4 rings (SSSR count). The molecule has 1 saturated heterocycles. The van der Waals surface area contributed by atoms with Gasteiger partial charge in [-0.1, -0.05) is 6.07 Å². The molecule has 9 nitrogen and oxygen atoms in total. The number of ether oxygens (including phenoxy) is 2. The fourth-order valence-electron chi connectivity index (χ4n) is 4.01. The second-order valence-corrected chi connectivity index (χ2v) is 8.76. The third kappa shape index (κ3) is 4.75. The molecule has 10 heteroatoms. The van der Waals surface area contributed by atoms with Crippen molar-refractivity contribution in [1.29, 1.82) is 0 Å². The number of amides is 2. The first-order valence-electron chi connectivity index (χ1n) is 10.7. The number of aromatic nitrogens is 3. The van der Waals surface area contributed by atoms with Crippen LogP contribution in [0.15, 0.2) is 42.6 Å². The molecule has 2 unspecified atom stereocenters. The summed E-state index contributed by atoms with van der Waals surface area (Å²) in [4.78, 5) is 27.7. The van der Waals surface area contributed by atoms with Gasteiger partial charge in [-0.15, -0.1) is 10.2 Å². The molecular weight excluding hydrogens is 442 g/mol. The molecular formula is C23H27N5O4S. The van der Waals surface area contributed by atoms with E-state index in [1.807, 2.05) is 35.1 Å². The summed E-state index contributed by atoms with van der Waals surface area (Å²) in [5.41, 5.74) is 1.32. The molecule has 0 aliphatic carbocycles. The van der Waals surface area contributed by atoms with E-state index >= 15 is 0 Å². The Kier molecular flexibility index (Phi) is 7.02. The third-order valence-corrected chi connectivity index (χ3v) is 6.40. The van der Waals surface area contributed by atoms with Crippen molar-refractivity contribution in [2.75, 3.05) is 37.7 Å². The van der Waals surface area contributed by atoms with Crippen LogP contribution in [0.25, 0.3) is 5.65 Å². The first kappa shape index (κ1) is 22.9. The molecule has 2 atom stereocenters. The lowest BCUT2D eigenvalue weighted by molar-refractivity contribution is -0.127. The minimum atomic E-state index is -0.482. The van der Waals surface area contributed by atoms with Gasteiger partial charge in [-0.25, -0.2) is 0 Å². The number of hydrogen-bond donors (Lipinski definition) is 1. The zero-order chi connectivity index (χ0) is 23.4. The fraction of sp³-hybridized carbons (Fsp3) is 0.391. The quantitative estimate of drug-likeness (QED) is 0.515. The van der Waals surface area contributed by atoms with E-state index in [9.17, 15) is 9.59 Å². The third-order valence-electron chi connectivity index (χ3n) is 5.75. The number of anilines is 1. The van der Waals surface area contributed by atoms with Gasteiger partial charge in [-0.2, -0.15) is 11.8 Å². The summed E-state index contributed by atoms with van der Waals surface area (Å²) in [7, 11) is 3.12. The molecule has 1 aliphatic rings. The largest absolute Gasteiger partial charge is 0.497 e. The van der Waals surface area contributed by atoms with Crippen molar-refractivity contribution in [2.24, 2.45) is 5.92 Å². The smallest absolute Gasteiger partial charge is 0.227 e. The zero-order valence-corrected chi connectivity index (χ0v) is 19.7. The van der Waals surface area contributed by atoms with E-state index in [4.69, 9.17) is 9.47 Å². The van der Waals surface area contributed by atoms with Crippen LogP contribution in [0.4, 0.5) is 5.69 Å². The van der Waals surface area contributed by atoms with Gasteiger partial charge in [0, 0.05) is 25.2 Å². The monoisotopic (exact) mass is 469 g/mol. The SMILES string of the molecule is COc1ccc(OC)c(N2CC(C(=O)NC(CCSC)c3nnc4ccccn34)CC2=O)c1. The highest BCUT2D eigenvalue weighted by molar-refractivity contribution is 7.98. The topological polar surface area (TPSA) is 98.1 Å². The molecule has 1 aliphatic heterocycles. The predicted molar refractivity (Wildman–Crippen MR) is 127 cm³/mol. The molecule has 1 aromatic carbocycles. The van der Waals surface area contributed by atoms with E-state index in [2.05, 4.69) is 15.5 Å². The number of benzene rings is 1. The summed E-state index contributed by atoms with van der Waals surface area (Å²) in [5.74, 6) is 1.92. The molecule has 2 amide bonds. The Bertz CT molecular complexity index is 1150. The summed E-state index contributed by atoms with van der Waals surface area (Å²) >= 11 is 1.70. The van der Waals surface area contributed by atoms with E-state index in [0.717, 1.165) is 11.4 Å². The van der Waals surface area contributed by atoms with Crippen LogP contribution in [0.5, 0.6) is 11.5 Å². The molecule has 33 heavy (non-hydrogen) atoms. The van der Waals surface area contributed by atoms with Crippen LogP contribution >= 0.6 is 11.8 Å². The maximum absolute atomic E-state index is 13.2. The highest BCUT2D eigenvalue weighted by atomic mass is 32.2. The molecule has 3 aromatic rings. The second kappa shape index (κ2) is 10.1. The van der Waals surface area contributed by atoms with E-state index in [1.165, 1.54) is 0 Å². The number of rotatable bonds is 9. The maximum Gasteiger partial charge on any atom is 0.227 e. The molecule has 2 aromatic heterocycles. The van der Waals surface area contributed by atoms with Crippen molar-refractivity contribution >= 4 is 34.9 Å². The van der Waals surface area contributed by atoms with Gasteiger partial charge in [-0.3, -0.25) is 14.0 Å². The number of nitrogens with zero attached hydrogens (tertiary/aromatic N) is 4. The first-order valence-corrected chi connectivity index (χ1v) is 12.1. The van der Waals surface area contributed by atoms with Gasteiger partial charge in [0.15, 0.2) is 11.5 Å². The zero-order valence-electron chi connectivity index (χ0n) is 18.9. The van der Waals surface area contributed by atoms with Crippen LogP contribution in [0.2, 0.25) is 0 Å². The summed E-state index contributed by atoms with van der Waals surface area (Å²) in [6, 6.07) is 10.6. The van der Waals surface area contributed by atoms with Crippen LogP contribution in [0.1, 0.15) is 24.7 Å². The van der Waals surface area contributed by atoms with Crippen molar-refractivity contribution in [1.82, 2.24) is 19.9 Å². The highest BCUT2D eigenvalue weighted by Gasteiger charge is 2.37. The van der Waals surface area contributed by atoms with Gasteiger partial charge < -0.3 is 19.7 Å². The van der Waals surface area contributed by atoms with E-state index in [-0.39, 0.29) is 30.8 Å². The number of nitrogens with one attached hydrogen (secondary N) is 1. The van der Waals surface area contributed by atoms with Gasteiger partial charge in [0.25, 0.3) is 0 Å². The molecule has 174 valence electrons. The molecule has 1 N–H and O–H groups in total. The van der Waals surface area contributed by atoms with E-state index in [1.54, 1.807) is 49.1 Å². The molecule has 3 heterocycles. The number of carbonyl (C=O) groups excluding carboxylic acids is 2. The van der Waals surface area contributed by atoms with Crippen molar-refractivity contribution in [3.05, 3.63) is 48.4 Å². The summed E-state index contributed by atoms with van der Waals surface area (Å²) < 4.78 is 12.6. The van der Waals surface area contributed by atoms with Crippen molar-refractivity contribution in [3.8, 4) is 11.5 Å². The second-order valence-electron chi connectivity index (χ2n) is 7.77. The molecule has 0 spiro atoms. The number of methoxy groups -OCH3 is 2. The summed E-state index contributed by atoms with van der Waals surface area (Å²) in [5, 5.41) is 11.7. The average Bonchev–Trinajstić information content (AvgIpc) is 3.45. The Morgan fingerprint density at radius 3 is 2.85 bits per heavy atom. The molecule has 0 bridgehead atoms. The number of thioether (sulfide) groups is 1. The summed E-state index contributed by atoms with van der Waals surface area (Å²) in [6.45, 7) is 0.268. The number of fused-ring (bicyclic) bond motifs is 1. The van der Waals surface area contributed by atoms with Crippen molar-refractivity contribution in [2.45, 2.75) is 18.9 Å². The van der Waals surface area contributed by atoms with Crippen LogP contribution < -0.4 is 19.7 Å². The lowest BCUT2D eigenvalue weighted by atomic mass is 10.1. The minimum Gasteiger partial charge on any atom is -0.497 e. The lowest BCUT2D eigenvalue weighted by Gasteiger charge is -2.21. The van der Waals surface area contributed by atoms with Crippen LogP contribution in [0.3, 0.4) is 0 Å². The fourth-order valence-corrected chi connectivity index (χ4v) is 4.48. The average molecular weight is 470 g/mol. The number of pyridine rings is 1. The van der Waals surface area contributed by atoms with Gasteiger partial charge in [0.2, 0.25) is 11.8 Å². The Labute approximate surface area is 196 Å². The first-order chi connectivity index (χ1) is 16.0. The Morgan fingerprint density at radius 1 is 1.24 bits per heavy atom. The maximum atomic E-state index is 13.2. The van der Waals surface area contributed by atoms with Crippen LogP contribution in [0, 0.1) is 5.92 Å². The Hall–Kier alpha value is -3.27. The van der Waals surface area contributed by atoms with Gasteiger partial charge in [0.1, 0.15) is 11.5 Å². The van der Waals surface area contributed by atoms with Crippen LogP contribution in [-0.2, 0) is 9.59 Å². The minimum absolute atomic E-state index is 0.127. The summed E-state index contributed by atoms with van der Waals surface area (Å²) in [6.07, 6.45) is 4.74. The molecule has 1 fully saturated rings. The molecule has 0 radical (unpaired) electrons. The van der Waals surface area contributed by atoms with Gasteiger partial charge >= 0.3 is 0 Å². The number of hydrogen-bond acceptors (Lipinski definition) is 7. The number of carbonyl (C=O) groups is 2. The standard InChI is InChI=1S/C23H27N5O4S/c1-31-16-7-8-19(32-2)18(13-16)28-14-15(12-21(28)29)23(30)24-17(9-11-33-3)22-26-25-20-6-4-5-10-27(20)22/h4-8,10,13,15,17H,9,11-12,14H2,1-3H3,(H,24,30). The Morgan fingerprint density at radius 2 is 2.09 bits per heavy atom. The van der Waals surface area contributed by atoms with Crippen molar-refractivity contribution in [3.63, 3.8) is 0 Å². The van der Waals surface area contributed by atoms with Gasteiger partial charge in [0.05, 0.1) is 31.9 Å².